The van der Waals surface area contributed by atoms with Crippen molar-refractivity contribution in [3.05, 3.63) is 64.1 Å². The maximum absolute atomic E-state index is 12.8. The molecule has 8 nitrogen and oxygen atoms in total. The molecule has 0 unspecified atom stereocenters. The predicted molar refractivity (Wildman–Crippen MR) is 119 cm³/mol. The average Bonchev–Trinajstić information content (AvgIpc) is 3.43. The lowest BCUT2D eigenvalue weighted by Gasteiger charge is -2.26. The fourth-order valence-electron chi connectivity index (χ4n) is 4.72. The molecule has 2 aliphatic rings. The number of rotatable bonds is 5. The third-order valence-corrected chi connectivity index (χ3v) is 8.24. The van der Waals surface area contributed by atoms with Crippen LogP contribution in [0.3, 0.4) is 0 Å². The topological polar surface area (TPSA) is 102 Å². The van der Waals surface area contributed by atoms with Gasteiger partial charge in [0.05, 0.1) is 16.5 Å². The van der Waals surface area contributed by atoms with Crippen LogP contribution in [0.15, 0.2) is 56.6 Å². The molecule has 0 spiro atoms. The quantitative estimate of drug-likeness (QED) is 0.637. The molecule has 2 heterocycles. The van der Waals surface area contributed by atoms with Crippen LogP contribution < -0.4 is 11.1 Å². The number of carbonyl (C=O) groups excluding carboxylic acids is 1. The summed E-state index contributed by atoms with van der Waals surface area (Å²) < 4.78 is 33.6. The summed E-state index contributed by atoms with van der Waals surface area (Å²) in [5.41, 5.74) is 2.91. The van der Waals surface area contributed by atoms with Crippen molar-refractivity contribution < 1.29 is 17.6 Å². The number of nitrogens with one attached hydrogen (secondary N) is 1. The van der Waals surface area contributed by atoms with E-state index in [0.29, 0.717) is 18.6 Å². The van der Waals surface area contributed by atoms with Crippen LogP contribution in [0.25, 0.3) is 11.1 Å². The third-order valence-electron chi connectivity index (χ3n) is 6.35. The number of sulfonamides is 1. The number of hydrogen-bond acceptors (Lipinski definition) is 5. The SMILES string of the molecule is O=C(Cn1c(=O)oc2cc(S(=O)(=O)N3CCCC3)ccc21)N[C@H]1CCCc2ccccc21. The molecule has 32 heavy (non-hydrogen) atoms. The largest absolute Gasteiger partial charge is 0.420 e. The predicted octanol–water partition coefficient (Wildman–Crippen LogP) is 2.57. The van der Waals surface area contributed by atoms with Crippen LogP contribution in [0, 0.1) is 0 Å². The highest BCUT2D eigenvalue weighted by Crippen LogP contribution is 2.29. The monoisotopic (exact) mass is 455 g/mol. The maximum atomic E-state index is 12.8. The van der Waals surface area contributed by atoms with Crippen molar-refractivity contribution in [3.63, 3.8) is 0 Å². The van der Waals surface area contributed by atoms with Crippen LogP contribution in [0.1, 0.15) is 42.9 Å². The molecule has 0 saturated carbocycles. The molecule has 9 heteroatoms. The highest BCUT2D eigenvalue weighted by atomic mass is 32.2. The summed E-state index contributed by atoms with van der Waals surface area (Å²) in [4.78, 5) is 25.3. The fourth-order valence-corrected chi connectivity index (χ4v) is 6.25. The van der Waals surface area contributed by atoms with Gasteiger partial charge in [-0.1, -0.05) is 24.3 Å². The smallest absolute Gasteiger partial charge is 0.408 e. The van der Waals surface area contributed by atoms with Crippen molar-refractivity contribution in [2.24, 2.45) is 0 Å². The van der Waals surface area contributed by atoms with Gasteiger partial charge in [0.2, 0.25) is 15.9 Å². The summed E-state index contributed by atoms with van der Waals surface area (Å²) in [6.45, 7) is 0.800. The van der Waals surface area contributed by atoms with E-state index in [0.717, 1.165) is 37.7 Å². The van der Waals surface area contributed by atoms with E-state index in [-0.39, 0.29) is 29.0 Å². The third kappa shape index (κ3) is 3.75. The van der Waals surface area contributed by atoms with Crippen LogP contribution in [0.2, 0.25) is 0 Å². The first-order chi connectivity index (χ1) is 15.4. The summed E-state index contributed by atoms with van der Waals surface area (Å²) in [5.74, 6) is -0.972. The summed E-state index contributed by atoms with van der Waals surface area (Å²) in [6, 6.07) is 12.4. The first-order valence-corrected chi connectivity index (χ1v) is 12.4. The number of oxazole rings is 1. The lowest BCUT2D eigenvalue weighted by molar-refractivity contribution is -0.122. The van der Waals surface area contributed by atoms with Gasteiger partial charge in [-0.15, -0.1) is 0 Å². The molecule has 0 radical (unpaired) electrons. The Morgan fingerprint density at radius 2 is 1.88 bits per heavy atom. The molecular weight excluding hydrogens is 430 g/mol. The van der Waals surface area contributed by atoms with E-state index in [1.807, 2.05) is 18.2 Å². The highest BCUT2D eigenvalue weighted by molar-refractivity contribution is 7.89. The van der Waals surface area contributed by atoms with Crippen molar-refractivity contribution in [1.29, 1.82) is 0 Å². The Bertz CT molecular complexity index is 1340. The standard InChI is InChI=1S/C23H25N3O5S/c27-22(24-19-9-5-7-16-6-1-2-8-18(16)19)15-26-20-11-10-17(14-21(20)31-23(26)28)32(29,30)25-12-3-4-13-25/h1-2,6,8,10-11,14,19H,3-5,7,9,12-13,15H2,(H,24,27)/t19-/m0/s1. The Hall–Kier alpha value is -2.91. The normalized spacial score (nSPS) is 19.2. The second-order valence-corrected chi connectivity index (χ2v) is 10.3. The lowest BCUT2D eigenvalue weighted by Crippen LogP contribution is -2.35. The van der Waals surface area contributed by atoms with Crippen LogP contribution in [0.4, 0.5) is 0 Å². The summed E-state index contributed by atoms with van der Waals surface area (Å²) in [5, 5.41) is 3.04. The van der Waals surface area contributed by atoms with Crippen molar-refractivity contribution in [3.8, 4) is 0 Å². The molecule has 1 atom stereocenters. The molecule has 1 aliphatic carbocycles. The molecule has 3 aromatic rings. The molecule has 2 aromatic carbocycles. The van der Waals surface area contributed by atoms with Gasteiger partial charge in [0, 0.05) is 19.2 Å². The van der Waals surface area contributed by atoms with Crippen molar-refractivity contribution >= 4 is 27.0 Å². The van der Waals surface area contributed by atoms with E-state index in [1.165, 1.54) is 32.6 Å². The molecular formula is C23H25N3O5S. The van der Waals surface area contributed by atoms with E-state index in [2.05, 4.69) is 11.4 Å². The van der Waals surface area contributed by atoms with Crippen molar-refractivity contribution in [2.45, 2.75) is 49.6 Å². The van der Waals surface area contributed by atoms with E-state index in [9.17, 15) is 18.0 Å². The molecule has 1 fully saturated rings. The Kier molecular flexibility index (Phi) is 5.38. The van der Waals surface area contributed by atoms with Gasteiger partial charge in [-0.25, -0.2) is 13.2 Å². The first-order valence-electron chi connectivity index (χ1n) is 10.9. The number of aromatic nitrogens is 1. The number of hydrogen-bond donors (Lipinski definition) is 1. The fraction of sp³-hybridized carbons (Fsp3) is 0.391. The molecule has 0 bridgehead atoms. The van der Waals surface area contributed by atoms with Crippen LogP contribution in [-0.4, -0.2) is 36.3 Å². The first kappa shape index (κ1) is 21.0. The van der Waals surface area contributed by atoms with Crippen LogP contribution in [-0.2, 0) is 27.8 Å². The Balaban J connectivity index is 1.38. The van der Waals surface area contributed by atoms with Crippen molar-refractivity contribution in [2.75, 3.05) is 13.1 Å². The minimum atomic E-state index is -3.62. The van der Waals surface area contributed by atoms with Gasteiger partial charge in [-0.2, -0.15) is 4.31 Å². The zero-order valence-corrected chi connectivity index (χ0v) is 18.4. The minimum Gasteiger partial charge on any atom is -0.408 e. The average molecular weight is 456 g/mol. The summed E-state index contributed by atoms with van der Waals surface area (Å²) >= 11 is 0. The van der Waals surface area contributed by atoms with Crippen molar-refractivity contribution in [1.82, 2.24) is 14.2 Å². The molecule has 1 N–H and O–H groups in total. The van der Waals surface area contributed by atoms with Gasteiger partial charge in [-0.05, 0) is 55.4 Å². The second kappa shape index (κ2) is 8.22. The number of amides is 1. The minimum absolute atomic E-state index is 0.0847. The Labute approximate surface area is 185 Å². The van der Waals surface area contributed by atoms with Crippen LogP contribution in [0.5, 0.6) is 0 Å². The van der Waals surface area contributed by atoms with E-state index < -0.39 is 15.8 Å². The molecule has 1 aliphatic heterocycles. The Morgan fingerprint density at radius 1 is 1.09 bits per heavy atom. The van der Waals surface area contributed by atoms with Crippen LogP contribution >= 0.6 is 0 Å². The number of nitrogens with zero attached hydrogens (tertiary/aromatic N) is 2. The molecule has 1 aromatic heterocycles. The van der Waals surface area contributed by atoms with Gasteiger partial charge in [-0.3, -0.25) is 9.36 Å². The zero-order chi connectivity index (χ0) is 22.3. The van der Waals surface area contributed by atoms with Gasteiger partial charge in [0.1, 0.15) is 6.54 Å². The van der Waals surface area contributed by atoms with Gasteiger partial charge >= 0.3 is 5.76 Å². The summed E-state index contributed by atoms with van der Waals surface area (Å²) in [7, 11) is -3.62. The summed E-state index contributed by atoms with van der Waals surface area (Å²) in [6.07, 6.45) is 4.52. The van der Waals surface area contributed by atoms with Gasteiger partial charge in [0.15, 0.2) is 5.58 Å². The molecule has 168 valence electrons. The zero-order valence-electron chi connectivity index (χ0n) is 17.6. The van der Waals surface area contributed by atoms with Gasteiger partial charge < -0.3 is 9.73 Å². The molecule has 1 amide bonds. The van der Waals surface area contributed by atoms with E-state index >= 15 is 0 Å². The lowest BCUT2D eigenvalue weighted by atomic mass is 9.88. The highest BCUT2D eigenvalue weighted by Gasteiger charge is 2.28. The number of benzene rings is 2. The van der Waals surface area contributed by atoms with E-state index in [4.69, 9.17) is 4.42 Å². The number of carbonyl (C=O) groups is 1. The molecule has 1 saturated heterocycles. The van der Waals surface area contributed by atoms with E-state index in [1.54, 1.807) is 0 Å². The second-order valence-electron chi connectivity index (χ2n) is 8.41. The maximum Gasteiger partial charge on any atom is 0.420 e. The van der Waals surface area contributed by atoms with Gasteiger partial charge in [0.25, 0.3) is 0 Å². The Morgan fingerprint density at radius 3 is 2.69 bits per heavy atom. The number of fused-ring (bicyclic) bond motifs is 2. The molecule has 5 rings (SSSR count). The number of aryl methyl sites for hydroxylation is 1.